The number of Topliss-reactive ketones (excluding diaryl/α,β-unsaturated/α-hetero) is 1. The minimum absolute atomic E-state index is 0.0782. The molecule has 4 rings (SSSR count). The van der Waals surface area contributed by atoms with Gasteiger partial charge in [-0.05, 0) is 74.0 Å². The third-order valence-corrected chi connectivity index (χ3v) is 8.69. The average Bonchev–Trinajstić information content (AvgIpc) is 3.07. The fraction of sp³-hybridized carbons (Fsp3) is 0.913. The maximum atomic E-state index is 12.0. The Balaban J connectivity index is 1.54. The number of carbonyl (C=O) groups is 2. The molecule has 1 heterocycles. The monoisotopic (exact) mass is 375 g/mol. The van der Waals surface area contributed by atoms with Gasteiger partial charge in [0.1, 0.15) is 11.4 Å². The highest BCUT2D eigenvalue weighted by molar-refractivity contribution is 5.80. The Kier molecular flexibility index (Phi) is 5.39. The van der Waals surface area contributed by atoms with Gasteiger partial charge in [0, 0.05) is 19.4 Å². The van der Waals surface area contributed by atoms with E-state index >= 15 is 0 Å². The van der Waals surface area contributed by atoms with Gasteiger partial charge in [-0.15, -0.1) is 0 Å². The Hall–Kier alpha value is -0.900. The first-order valence-electron chi connectivity index (χ1n) is 11.4. The molecule has 27 heavy (non-hydrogen) atoms. The average molecular weight is 376 g/mol. The molecule has 4 nitrogen and oxygen atoms in total. The molecule has 152 valence electrons. The van der Waals surface area contributed by atoms with E-state index in [4.69, 9.17) is 4.74 Å². The van der Waals surface area contributed by atoms with E-state index in [2.05, 4.69) is 19.2 Å². The smallest absolute Gasteiger partial charge is 0.320 e. The lowest BCUT2D eigenvalue weighted by Crippen LogP contribution is -2.59. The lowest BCUT2D eigenvalue weighted by Gasteiger charge is -2.59. The van der Waals surface area contributed by atoms with Gasteiger partial charge in [0.25, 0.3) is 0 Å². The molecule has 4 heteroatoms. The van der Waals surface area contributed by atoms with Crippen LogP contribution in [-0.4, -0.2) is 30.4 Å². The molecule has 0 unspecified atom stereocenters. The molecule has 1 aliphatic heterocycles. The summed E-state index contributed by atoms with van der Waals surface area (Å²) in [6, 6.07) is 0. The van der Waals surface area contributed by atoms with Gasteiger partial charge in [-0.3, -0.25) is 9.59 Å². The quantitative estimate of drug-likeness (QED) is 0.746. The maximum absolute atomic E-state index is 12.0. The lowest BCUT2D eigenvalue weighted by molar-refractivity contribution is -0.184. The summed E-state index contributed by atoms with van der Waals surface area (Å²) >= 11 is 0. The number of ketones is 1. The van der Waals surface area contributed by atoms with Crippen molar-refractivity contribution in [3.05, 3.63) is 0 Å². The van der Waals surface area contributed by atoms with Crippen molar-refractivity contribution < 1.29 is 14.3 Å². The molecule has 4 aliphatic rings. The summed E-state index contributed by atoms with van der Waals surface area (Å²) in [7, 11) is 0. The minimum atomic E-state index is -0.259. The van der Waals surface area contributed by atoms with E-state index in [1.54, 1.807) is 0 Å². The fourth-order valence-corrected chi connectivity index (χ4v) is 7.19. The SMILES string of the molecule is CCCC[C@H]1[C@H]([C@@H]2CCC(=O)C2)CC[C@H]2C[C@]3(CC[C@@]21C)CNCC(=O)O3. The van der Waals surface area contributed by atoms with E-state index < -0.39 is 0 Å². The van der Waals surface area contributed by atoms with Crippen LogP contribution in [0.25, 0.3) is 0 Å². The van der Waals surface area contributed by atoms with E-state index in [1.165, 1.54) is 32.1 Å². The second kappa shape index (κ2) is 7.50. The Morgan fingerprint density at radius 1 is 1.19 bits per heavy atom. The van der Waals surface area contributed by atoms with Gasteiger partial charge >= 0.3 is 5.97 Å². The number of unbranched alkanes of at least 4 members (excludes halogenated alkanes) is 1. The van der Waals surface area contributed by atoms with Crippen molar-refractivity contribution in [2.45, 2.75) is 90.1 Å². The molecule has 3 saturated carbocycles. The van der Waals surface area contributed by atoms with E-state index in [9.17, 15) is 9.59 Å². The second-order valence-corrected chi connectivity index (χ2v) is 10.2. The number of hydrogen-bond donors (Lipinski definition) is 1. The van der Waals surface area contributed by atoms with Crippen LogP contribution >= 0.6 is 0 Å². The highest BCUT2D eigenvalue weighted by Gasteiger charge is 2.56. The first-order chi connectivity index (χ1) is 13.0. The van der Waals surface area contributed by atoms with E-state index in [0.29, 0.717) is 29.6 Å². The van der Waals surface area contributed by atoms with Gasteiger partial charge in [-0.25, -0.2) is 0 Å². The van der Waals surface area contributed by atoms with Gasteiger partial charge in [-0.2, -0.15) is 0 Å². The molecule has 4 fully saturated rings. The van der Waals surface area contributed by atoms with Crippen molar-refractivity contribution in [2.24, 2.45) is 29.1 Å². The van der Waals surface area contributed by atoms with E-state index in [-0.39, 0.29) is 11.6 Å². The molecule has 1 N–H and O–H groups in total. The number of ether oxygens (including phenoxy) is 1. The van der Waals surface area contributed by atoms with E-state index in [1.807, 2.05) is 0 Å². The molecule has 0 aromatic carbocycles. The van der Waals surface area contributed by atoms with Gasteiger partial charge in [0.05, 0.1) is 6.54 Å². The van der Waals surface area contributed by atoms with Crippen molar-refractivity contribution in [1.29, 1.82) is 0 Å². The Labute approximate surface area is 164 Å². The summed E-state index contributed by atoms with van der Waals surface area (Å²) < 4.78 is 5.92. The molecule has 0 aromatic heterocycles. The lowest BCUT2D eigenvalue weighted by atomic mass is 9.48. The van der Waals surface area contributed by atoms with Crippen LogP contribution in [-0.2, 0) is 14.3 Å². The topological polar surface area (TPSA) is 55.4 Å². The summed E-state index contributed by atoms with van der Waals surface area (Å²) in [5.41, 5.74) is 0.0871. The number of esters is 1. The molecule has 0 aromatic rings. The first kappa shape index (κ1) is 19.4. The zero-order valence-corrected chi connectivity index (χ0v) is 17.2. The number of fused-ring (bicyclic) bond motifs is 1. The van der Waals surface area contributed by atoms with Crippen molar-refractivity contribution in [3.8, 4) is 0 Å². The Morgan fingerprint density at radius 2 is 2.04 bits per heavy atom. The number of carbonyl (C=O) groups excluding carboxylic acids is 2. The van der Waals surface area contributed by atoms with Crippen molar-refractivity contribution in [3.63, 3.8) is 0 Å². The molecule has 0 bridgehead atoms. The normalized spacial score (nSPS) is 45.0. The van der Waals surface area contributed by atoms with Gasteiger partial charge in [0.2, 0.25) is 0 Å². The second-order valence-electron chi connectivity index (χ2n) is 10.2. The summed E-state index contributed by atoms with van der Waals surface area (Å²) in [5.74, 6) is 3.15. The Bertz CT molecular complexity index is 590. The highest BCUT2D eigenvalue weighted by Crippen LogP contribution is 2.61. The number of nitrogens with one attached hydrogen (secondary N) is 1. The van der Waals surface area contributed by atoms with Crippen LogP contribution in [0.5, 0.6) is 0 Å². The van der Waals surface area contributed by atoms with Crippen molar-refractivity contribution >= 4 is 11.8 Å². The van der Waals surface area contributed by atoms with Crippen molar-refractivity contribution in [1.82, 2.24) is 5.32 Å². The summed E-state index contributed by atoms with van der Waals surface area (Å²) in [6.07, 6.45) is 12.3. The first-order valence-corrected chi connectivity index (χ1v) is 11.4. The zero-order valence-electron chi connectivity index (χ0n) is 17.2. The van der Waals surface area contributed by atoms with Crippen molar-refractivity contribution in [2.75, 3.05) is 13.1 Å². The molecular formula is C23H37NO3. The van der Waals surface area contributed by atoms with Crippen LogP contribution in [0, 0.1) is 29.1 Å². The summed E-state index contributed by atoms with van der Waals surface area (Å²) in [6.45, 7) is 6.01. The molecule has 0 radical (unpaired) electrons. The predicted molar refractivity (Wildman–Crippen MR) is 105 cm³/mol. The maximum Gasteiger partial charge on any atom is 0.320 e. The predicted octanol–water partition coefficient (Wildman–Crippen LogP) is 4.26. The molecular weight excluding hydrogens is 338 g/mol. The van der Waals surface area contributed by atoms with E-state index in [0.717, 1.165) is 56.9 Å². The third kappa shape index (κ3) is 3.59. The van der Waals surface area contributed by atoms with Gasteiger partial charge in [0.15, 0.2) is 0 Å². The van der Waals surface area contributed by atoms with Crippen LogP contribution < -0.4 is 5.32 Å². The summed E-state index contributed by atoms with van der Waals surface area (Å²) in [5, 5.41) is 3.29. The highest BCUT2D eigenvalue weighted by atomic mass is 16.6. The number of morpholine rings is 1. The minimum Gasteiger partial charge on any atom is -0.457 e. The van der Waals surface area contributed by atoms with Crippen LogP contribution in [0.15, 0.2) is 0 Å². The summed E-state index contributed by atoms with van der Waals surface area (Å²) in [4.78, 5) is 23.9. The van der Waals surface area contributed by atoms with Gasteiger partial charge < -0.3 is 10.1 Å². The van der Waals surface area contributed by atoms with Crippen LogP contribution in [0.1, 0.15) is 84.5 Å². The Morgan fingerprint density at radius 3 is 2.74 bits per heavy atom. The third-order valence-electron chi connectivity index (χ3n) is 8.69. The fourth-order valence-electron chi connectivity index (χ4n) is 7.19. The largest absolute Gasteiger partial charge is 0.457 e. The molecule has 0 amide bonds. The standard InChI is InChI=1S/C23H37NO3/c1-3-4-5-20-19(16-6-8-18(25)12-16)9-7-17-13-23(11-10-22(17,20)2)15-24-14-21(26)27-23/h16-17,19-20,24H,3-15H2,1-2H3/t16-,17+,19+,20+,22+,23-/m1/s1. The van der Waals surface area contributed by atoms with Crippen LogP contribution in [0.3, 0.4) is 0 Å². The van der Waals surface area contributed by atoms with Crippen LogP contribution in [0.4, 0.5) is 0 Å². The molecule has 3 aliphatic carbocycles. The number of hydrogen-bond acceptors (Lipinski definition) is 4. The molecule has 1 saturated heterocycles. The number of rotatable bonds is 4. The molecule has 1 spiro atoms. The van der Waals surface area contributed by atoms with Gasteiger partial charge in [-0.1, -0.05) is 26.7 Å². The zero-order chi connectivity index (χ0) is 19.1. The molecule has 6 atom stereocenters. The van der Waals surface area contributed by atoms with Crippen LogP contribution in [0.2, 0.25) is 0 Å².